The van der Waals surface area contributed by atoms with E-state index in [0.717, 1.165) is 6.07 Å². The number of rotatable bonds is 5. The third-order valence-corrected chi connectivity index (χ3v) is 5.26. The number of thioether (sulfide) groups is 1. The molecule has 0 aliphatic heterocycles. The van der Waals surface area contributed by atoms with Crippen LogP contribution in [0.15, 0.2) is 41.1 Å². The summed E-state index contributed by atoms with van der Waals surface area (Å²) in [5.74, 6) is -0.596. The van der Waals surface area contributed by atoms with Crippen LogP contribution in [0.25, 0.3) is 28.7 Å². The molecule has 1 aromatic carbocycles. The number of hydrogen-bond acceptors (Lipinski definition) is 5. The highest BCUT2D eigenvalue weighted by Gasteiger charge is 2.32. The number of anilines is 1. The van der Waals surface area contributed by atoms with E-state index in [-0.39, 0.29) is 17.3 Å². The molecule has 0 unspecified atom stereocenters. The highest BCUT2D eigenvalue weighted by molar-refractivity contribution is 7.99. The van der Waals surface area contributed by atoms with Gasteiger partial charge in [0, 0.05) is 29.8 Å². The monoisotopic (exact) mass is 455 g/mol. The van der Waals surface area contributed by atoms with Crippen molar-refractivity contribution in [1.82, 2.24) is 14.5 Å². The molecule has 0 aliphatic rings. The maximum absolute atomic E-state index is 13.6. The Morgan fingerprint density at radius 2 is 1.77 bits per heavy atom. The molecule has 3 rings (SSSR count). The number of hydrogen-bond donors (Lipinski definition) is 2. The van der Waals surface area contributed by atoms with Crippen LogP contribution in [-0.4, -0.2) is 26.5 Å². The lowest BCUT2D eigenvalue weighted by Gasteiger charge is -2.11. The van der Waals surface area contributed by atoms with E-state index >= 15 is 0 Å². The van der Waals surface area contributed by atoms with Crippen LogP contribution in [0.5, 0.6) is 0 Å². The molecule has 2 aromatic heterocycles. The van der Waals surface area contributed by atoms with Crippen molar-refractivity contribution in [2.75, 3.05) is 11.5 Å². The van der Waals surface area contributed by atoms with Crippen LogP contribution in [0, 0.1) is 11.6 Å². The summed E-state index contributed by atoms with van der Waals surface area (Å²) in [5, 5.41) is 0. The number of halogens is 5. The first-order valence-electron chi connectivity index (χ1n) is 8.97. The molecular weight excluding hydrogens is 437 g/mol. The van der Waals surface area contributed by atoms with Gasteiger partial charge in [-0.15, -0.1) is 11.8 Å². The largest absolute Gasteiger partial charge is 0.430 e. The predicted octanol–water partition coefficient (Wildman–Crippen LogP) is 4.98. The number of allylic oxidation sites excluding steroid dienone is 1. The van der Waals surface area contributed by atoms with E-state index in [1.165, 1.54) is 41.7 Å². The van der Waals surface area contributed by atoms with Crippen molar-refractivity contribution in [3.05, 3.63) is 53.5 Å². The molecule has 5 nitrogen and oxygen atoms in total. The molecule has 31 heavy (non-hydrogen) atoms. The third kappa shape index (κ3) is 4.82. The molecule has 4 N–H and O–H groups in total. The Morgan fingerprint density at radius 1 is 1.13 bits per heavy atom. The van der Waals surface area contributed by atoms with Gasteiger partial charge in [-0.1, -0.05) is 6.92 Å². The minimum absolute atomic E-state index is 0.0206. The first kappa shape index (κ1) is 22.6. The molecule has 0 bridgehead atoms. The van der Waals surface area contributed by atoms with E-state index < -0.39 is 23.5 Å². The lowest BCUT2D eigenvalue weighted by Crippen LogP contribution is -2.19. The summed E-state index contributed by atoms with van der Waals surface area (Å²) in [6.07, 6.45) is -2.64. The fourth-order valence-electron chi connectivity index (χ4n) is 2.84. The van der Waals surface area contributed by atoms with Gasteiger partial charge < -0.3 is 16.0 Å². The topological polar surface area (TPSA) is 82.8 Å². The average molecular weight is 455 g/mol. The molecule has 0 spiro atoms. The Morgan fingerprint density at radius 3 is 2.35 bits per heavy atom. The summed E-state index contributed by atoms with van der Waals surface area (Å²) >= 11 is 1.39. The number of nitrogens with two attached hydrogens (primary N) is 2. The maximum atomic E-state index is 13.6. The van der Waals surface area contributed by atoms with Gasteiger partial charge in [-0.2, -0.15) is 13.2 Å². The van der Waals surface area contributed by atoms with E-state index in [9.17, 15) is 22.0 Å². The molecule has 3 aromatic rings. The van der Waals surface area contributed by atoms with Crippen LogP contribution in [0.4, 0.5) is 27.8 Å². The Hall–Kier alpha value is -3.08. The van der Waals surface area contributed by atoms with Crippen molar-refractivity contribution >= 4 is 23.7 Å². The quantitative estimate of drug-likeness (QED) is 0.419. The first-order chi connectivity index (χ1) is 14.5. The lowest BCUT2D eigenvalue weighted by atomic mass is 10.1. The second kappa shape index (κ2) is 8.58. The molecule has 11 heteroatoms. The number of alkyl halides is 3. The third-order valence-electron chi connectivity index (χ3n) is 4.35. The van der Waals surface area contributed by atoms with Gasteiger partial charge in [-0.25, -0.2) is 13.8 Å². The highest BCUT2D eigenvalue weighted by atomic mass is 32.2. The number of nitrogen functional groups attached to an aromatic ring is 1. The standard InChI is InChI=1S/C20H18F5N5S/c1-3-31-15-6-11(10-4-12(21)7-13(22)5-10)9-28-17(15)19-29-14(18(27)30(19)2)8-16(26)20(23,24)25/h4-9H,3,26-27H2,1-2H3/b16-8-. The first-order valence-corrected chi connectivity index (χ1v) is 9.96. The molecular formula is C20H18F5N5S. The molecule has 0 fully saturated rings. The Labute approximate surface area is 179 Å². The van der Waals surface area contributed by atoms with E-state index in [0.29, 0.717) is 33.5 Å². The molecule has 0 saturated carbocycles. The lowest BCUT2D eigenvalue weighted by molar-refractivity contribution is -0.0916. The zero-order chi connectivity index (χ0) is 22.9. The second-order valence-electron chi connectivity index (χ2n) is 6.52. The van der Waals surface area contributed by atoms with E-state index in [4.69, 9.17) is 11.5 Å². The van der Waals surface area contributed by atoms with Gasteiger partial charge in [0.2, 0.25) is 0 Å². The summed E-state index contributed by atoms with van der Waals surface area (Å²) in [6, 6.07) is 4.82. The van der Waals surface area contributed by atoms with Crippen molar-refractivity contribution in [1.29, 1.82) is 0 Å². The van der Waals surface area contributed by atoms with Crippen molar-refractivity contribution in [2.24, 2.45) is 12.8 Å². The summed E-state index contributed by atoms with van der Waals surface area (Å²) in [4.78, 5) is 9.18. The number of imidazole rings is 1. The summed E-state index contributed by atoms with van der Waals surface area (Å²) in [7, 11) is 1.54. The number of aromatic nitrogens is 3. The minimum Gasteiger partial charge on any atom is -0.395 e. The Balaban J connectivity index is 2.12. The molecule has 0 amide bonds. The predicted molar refractivity (Wildman–Crippen MR) is 111 cm³/mol. The molecule has 0 saturated heterocycles. The zero-order valence-electron chi connectivity index (χ0n) is 16.5. The van der Waals surface area contributed by atoms with Crippen LogP contribution >= 0.6 is 11.8 Å². The zero-order valence-corrected chi connectivity index (χ0v) is 17.3. The van der Waals surface area contributed by atoms with Crippen LogP contribution in [0.2, 0.25) is 0 Å². The fourth-order valence-corrected chi connectivity index (χ4v) is 3.64. The van der Waals surface area contributed by atoms with Gasteiger partial charge in [0.05, 0.1) is 0 Å². The number of nitrogens with zero attached hydrogens (tertiary/aromatic N) is 3. The van der Waals surface area contributed by atoms with Crippen LogP contribution < -0.4 is 11.5 Å². The Bertz CT molecular complexity index is 1130. The van der Waals surface area contributed by atoms with Crippen LogP contribution in [0.1, 0.15) is 12.6 Å². The highest BCUT2D eigenvalue weighted by Crippen LogP contribution is 2.35. The summed E-state index contributed by atoms with van der Waals surface area (Å²) < 4.78 is 67.0. The normalized spacial score (nSPS) is 12.4. The molecule has 164 valence electrons. The van der Waals surface area contributed by atoms with E-state index in [1.807, 2.05) is 6.92 Å². The molecule has 0 radical (unpaired) electrons. The SMILES string of the molecule is CCSc1cc(-c2cc(F)cc(F)c2)cnc1-c1nc(/C=C(\N)C(F)(F)F)c(N)n1C. The number of benzene rings is 1. The fraction of sp³-hybridized carbons (Fsp3) is 0.200. The second-order valence-corrected chi connectivity index (χ2v) is 7.83. The summed E-state index contributed by atoms with van der Waals surface area (Å²) in [5.41, 5.74) is 10.7. The molecule has 2 heterocycles. The van der Waals surface area contributed by atoms with Gasteiger partial charge in [0.1, 0.15) is 34.5 Å². The number of pyridine rings is 1. The van der Waals surface area contributed by atoms with Gasteiger partial charge >= 0.3 is 6.18 Å². The van der Waals surface area contributed by atoms with Crippen LogP contribution in [-0.2, 0) is 7.05 Å². The minimum atomic E-state index is -4.71. The van der Waals surface area contributed by atoms with E-state index in [1.54, 1.807) is 6.07 Å². The Kier molecular flexibility index (Phi) is 6.25. The molecule has 0 aliphatic carbocycles. The van der Waals surface area contributed by atoms with Gasteiger partial charge in [-0.05, 0) is 35.6 Å². The average Bonchev–Trinajstić information content (AvgIpc) is 2.95. The van der Waals surface area contributed by atoms with Crippen molar-refractivity contribution in [3.63, 3.8) is 0 Å². The smallest absolute Gasteiger partial charge is 0.395 e. The van der Waals surface area contributed by atoms with Gasteiger partial charge in [-0.3, -0.25) is 4.98 Å². The van der Waals surface area contributed by atoms with Crippen LogP contribution in [0.3, 0.4) is 0 Å². The van der Waals surface area contributed by atoms with Crippen molar-refractivity contribution in [2.45, 2.75) is 18.0 Å². The van der Waals surface area contributed by atoms with Gasteiger partial charge in [0.25, 0.3) is 0 Å². The van der Waals surface area contributed by atoms with Gasteiger partial charge in [0.15, 0.2) is 5.82 Å². The maximum Gasteiger partial charge on any atom is 0.430 e. The van der Waals surface area contributed by atoms with E-state index in [2.05, 4.69) is 9.97 Å². The molecule has 0 atom stereocenters. The van der Waals surface area contributed by atoms with Crippen molar-refractivity contribution in [3.8, 4) is 22.6 Å². The summed E-state index contributed by atoms with van der Waals surface area (Å²) in [6.45, 7) is 1.90. The van der Waals surface area contributed by atoms with Crippen molar-refractivity contribution < 1.29 is 22.0 Å².